The quantitative estimate of drug-likeness (QED) is 0.397. The van der Waals surface area contributed by atoms with Crippen LogP contribution in [0.5, 0.6) is 0 Å². The molecule has 2 N–H and O–H groups in total. The Hall–Kier alpha value is -0.380. The minimum atomic E-state index is 0. The van der Waals surface area contributed by atoms with Crippen molar-refractivity contribution in [3.05, 3.63) is 22.4 Å². The average Bonchev–Trinajstić information content (AvgIpc) is 3.11. The summed E-state index contributed by atoms with van der Waals surface area (Å²) in [4.78, 5) is 11.0. The van der Waals surface area contributed by atoms with E-state index in [2.05, 4.69) is 56.8 Å². The highest BCUT2D eigenvalue weighted by Crippen LogP contribution is 2.26. The van der Waals surface area contributed by atoms with Gasteiger partial charge in [0.05, 0.1) is 0 Å². The van der Waals surface area contributed by atoms with E-state index in [9.17, 15) is 0 Å². The molecule has 24 heavy (non-hydrogen) atoms. The third-order valence-corrected chi connectivity index (χ3v) is 6.24. The van der Waals surface area contributed by atoms with Crippen molar-refractivity contribution in [1.29, 1.82) is 0 Å². The van der Waals surface area contributed by atoms with Crippen LogP contribution in [0.2, 0.25) is 0 Å². The van der Waals surface area contributed by atoms with E-state index >= 15 is 0 Å². The molecule has 4 rings (SSSR count). The third kappa shape index (κ3) is 4.83. The molecule has 0 saturated carbocycles. The lowest BCUT2D eigenvalue weighted by Crippen LogP contribution is -2.64. The van der Waals surface area contributed by atoms with Gasteiger partial charge in [0.25, 0.3) is 0 Å². The van der Waals surface area contributed by atoms with Gasteiger partial charge in [0.2, 0.25) is 0 Å². The second-order valence-electron chi connectivity index (χ2n) is 7.16. The molecule has 3 aliphatic rings. The molecule has 0 spiro atoms. The summed E-state index contributed by atoms with van der Waals surface area (Å²) < 4.78 is 0. The highest BCUT2D eigenvalue weighted by molar-refractivity contribution is 14.0. The molecule has 1 unspecified atom stereocenters. The Bertz CT molecular complexity index is 523. The molecule has 1 atom stereocenters. The van der Waals surface area contributed by atoms with Crippen LogP contribution in [-0.2, 0) is 5.41 Å². The molecule has 1 aromatic heterocycles. The molecule has 0 radical (unpaired) electrons. The number of hydrogen-bond acceptors (Lipinski definition) is 4. The summed E-state index contributed by atoms with van der Waals surface area (Å²) in [5.41, 5.74) is 0.116. The van der Waals surface area contributed by atoms with Crippen LogP contribution in [0.1, 0.15) is 18.7 Å². The van der Waals surface area contributed by atoms with Crippen LogP contribution in [0, 0.1) is 0 Å². The van der Waals surface area contributed by atoms with Crippen LogP contribution < -0.4 is 10.6 Å². The molecule has 3 aliphatic heterocycles. The second kappa shape index (κ2) is 8.82. The predicted molar refractivity (Wildman–Crippen MR) is 114 cm³/mol. The molecule has 3 fully saturated rings. The lowest BCUT2D eigenvalue weighted by Gasteiger charge is -2.47. The van der Waals surface area contributed by atoms with E-state index in [4.69, 9.17) is 0 Å². The molecular formula is C17H30IN5S. The van der Waals surface area contributed by atoms with E-state index in [-0.39, 0.29) is 29.4 Å². The summed E-state index contributed by atoms with van der Waals surface area (Å²) in [7, 11) is 1.85. The van der Waals surface area contributed by atoms with Gasteiger partial charge in [-0.2, -0.15) is 0 Å². The van der Waals surface area contributed by atoms with E-state index in [1.54, 1.807) is 0 Å². The Balaban J connectivity index is 0.00000208. The third-order valence-electron chi connectivity index (χ3n) is 5.01. The molecule has 0 amide bonds. The predicted octanol–water partition coefficient (Wildman–Crippen LogP) is 1.81. The van der Waals surface area contributed by atoms with Gasteiger partial charge >= 0.3 is 0 Å². The maximum absolute atomic E-state index is 4.38. The van der Waals surface area contributed by atoms with Crippen LogP contribution in [-0.4, -0.2) is 74.7 Å². The molecule has 3 saturated heterocycles. The monoisotopic (exact) mass is 463 g/mol. The number of nitrogens with one attached hydrogen (secondary N) is 2. The fourth-order valence-electron chi connectivity index (χ4n) is 3.41. The lowest BCUT2D eigenvalue weighted by atomic mass is 9.91. The van der Waals surface area contributed by atoms with Crippen LogP contribution in [0.25, 0.3) is 0 Å². The van der Waals surface area contributed by atoms with E-state index in [1.807, 2.05) is 18.4 Å². The van der Waals surface area contributed by atoms with Crippen molar-refractivity contribution in [2.45, 2.75) is 25.3 Å². The van der Waals surface area contributed by atoms with E-state index in [1.165, 1.54) is 37.6 Å². The number of rotatable bonds is 5. The summed E-state index contributed by atoms with van der Waals surface area (Å²) in [5.74, 6) is 0.910. The summed E-state index contributed by atoms with van der Waals surface area (Å²) in [6, 6.07) is 4.95. The first kappa shape index (κ1) is 19.9. The first-order chi connectivity index (χ1) is 11.1. The number of piperazine rings is 3. The fraction of sp³-hybridized carbons (Fsp3) is 0.706. The van der Waals surface area contributed by atoms with Crippen molar-refractivity contribution in [2.24, 2.45) is 4.99 Å². The first-order valence-corrected chi connectivity index (χ1v) is 9.41. The minimum Gasteiger partial charge on any atom is -0.356 e. The molecule has 136 valence electrons. The number of hydrogen-bond donors (Lipinski definition) is 2. The van der Waals surface area contributed by atoms with Gasteiger partial charge in [-0.1, -0.05) is 19.9 Å². The summed E-state index contributed by atoms with van der Waals surface area (Å²) in [6.45, 7) is 12.5. The van der Waals surface area contributed by atoms with E-state index in [0.29, 0.717) is 6.04 Å². The van der Waals surface area contributed by atoms with Crippen molar-refractivity contribution in [2.75, 3.05) is 52.9 Å². The maximum atomic E-state index is 4.38. The van der Waals surface area contributed by atoms with Crippen LogP contribution in [0.3, 0.4) is 0 Å². The molecule has 0 aromatic carbocycles. The number of thiophene rings is 1. The van der Waals surface area contributed by atoms with Crippen molar-refractivity contribution >= 4 is 41.3 Å². The van der Waals surface area contributed by atoms with Crippen molar-refractivity contribution in [3.8, 4) is 0 Å². The topological polar surface area (TPSA) is 42.9 Å². The number of halogens is 1. The highest BCUT2D eigenvalue weighted by atomic mass is 127. The van der Waals surface area contributed by atoms with Gasteiger partial charge in [0.15, 0.2) is 5.96 Å². The Kier molecular flexibility index (Phi) is 7.33. The Morgan fingerprint density at radius 3 is 2.58 bits per heavy atom. The van der Waals surface area contributed by atoms with Crippen molar-refractivity contribution in [1.82, 2.24) is 20.4 Å². The van der Waals surface area contributed by atoms with E-state index in [0.717, 1.165) is 19.0 Å². The van der Waals surface area contributed by atoms with Crippen molar-refractivity contribution < 1.29 is 0 Å². The molecule has 5 nitrogen and oxygen atoms in total. The van der Waals surface area contributed by atoms with Gasteiger partial charge < -0.3 is 10.6 Å². The summed E-state index contributed by atoms with van der Waals surface area (Å²) >= 11 is 1.82. The zero-order valence-electron chi connectivity index (χ0n) is 14.9. The highest BCUT2D eigenvalue weighted by Gasteiger charge is 2.31. The molecule has 4 heterocycles. The molecule has 2 bridgehead atoms. The van der Waals surface area contributed by atoms with Crippen LogP contribution in [0.15, 0.2) is 22.5 Å². The zero-order valence-corrected chi connectivity index (χ0v) is 18.1. The van der Waals surface area contributed by atoms with Crippen LogP contribution in [0.4, 0.5) is 0 Å². The fourth-order valence-corrected chi connectivity index (χ4v) is 4.26. The molecule has 0 aliphatic carbocycles. The smallest absolute Gasteiger partial charge is 0.191 e. The van der Waals surface area contributed by atoms with Gasteiger partial charge in [-0.05, 0) is 11.4 Å². The van der Waals surface area contributed by atoms with Gasteiger partial charge in [-0.3, -0.25) is 14.8 Å². The molecular weight excluding hydrogens is 433 g/mol. The largest absolute Gasteiger partial charge is 0.356 e. The second-order valence-corrected chi connectivity index (χ2v) is 8.11. The summed E-state index contributed by atoms with van der Waals surface area (Å²) in [6.07, 6.45) is 0. The lowest BCUT2D eigenvalue weighted by molar-refractivity contribution is 0.0154. The molecule has 7 heteroatoms. The zero-order chi connectivity index (χ0) is 16.3. The normalized spacial score (nSPS) is 26.8. The van der Waals surface area contributed by atoms with E-state index < -0.39 is 0 Å². The Labute approximate surface area is 166 Å². The number of nitrogens with zero attached hydrogens (tertiary/aromatic N) is 3. The minimum absolute atomic E-state index is 0. The summed E-state index contributed by atoms with van der Waals surface area (Å²) in [5, 5.41) is 9.16. The molecule has 1 aromatic rings. The Morgan fingerprint density at radius 1 is 1.29 bits per heavy atom. The van der Waals surface area contributed by atoms with Gasteiger partial charge in [0.1, 0.15) is 0 Å². The SMILES string of the molecule is CN=C(NCC1CN2CCN1CC2)NCC(C)(C)c1cccs1.I. The Morgan fingerprint density at radius 2 is 2.04 bits per heavy atom. The van der Waals surface area contributed by atoms with Crippen LogP contribution >= 0.6 is 35.3 Å². The van der Waals surface area contributed by atoms with Crippen molar-refractivity contribution in [3.63, 3.8) is 0 Å². The van der Waals surface area contributed by atoms with Gasteiger partial charge in [-0.15, -0.1) is 35.3 Å². The van der Waals surface area contributed by atoms with Gasteiger partial charge in [-0.25, -0.2) is 0 Å². The standard InChI is InChI=1S/C17H29N5S.HI/c1-17(2,15-5-4-10-23-15)13-20-16(18-3)19-11-14-12-21-6-8-22(14)9-7-21;/h4-5,10,14H,6-9,11-13H2,1-3H3,(H2,18,19,20);1H. The number of guanidine groups is 1. The average molecular weight is 463 g/mol. The number of aliphatic imine (C=N–C) groups is 1. The first-order valence-electron chi connectivity index (χ1n) is 8.53. The number of fused-ring (bicyclic) bond motifs is 3. The van der Waals surface area contributed by atoms with Gasteiger partial charge in [0, 0.05) is 69.2 Å². The maximum Gasteiger partial charge on any atom is 0.191 e.